The van der Waals surface area contributed by atoms with E-state index in [4.69, 9.17) is 10.00 Å². The van der Waals surface area contributed by atoms with Crippen LogP contribution in [-0.2, 0) is 9.53 Å². The molecule has 3 aliphatic carbocycles. The van der Waals surface area contributed by atoms with E-state index >= 15 is 0 Å². The molecule has 0 spiro atoms. The average molecular weight is 233 g/mol. The van der Waals surface area contributed by atoms with Gasteiger partial charge in [-0.05, 0) is 56.3 Å². The van der Waals surface area contributed by atoms with Crippen LogP contribution in [0.25, 0.3) is 0 Å². The fourth-order valence-corrected chi connectivity index (χ4v) is 4.88. The molecule has 0 saturated heterocycles. The van der Waals surface area contributed by atoms with E-state index in [9.17, 15) is 4.79 Å². The molecule has 3 aliphatic rings. The van der Waals surface area contributed by atoms with Crippen molar-refractivity contribution in [2.24, 2.45) is 29.6 Å². The molecule has 0 aromatic heterocycles. The number of carbonyl (C=O) groups is 1. The van der Waals surface area contributed by atoms with Crippen LogP contribution in [0.3, 0.4) is 0 Å². The zero-order valence-corrected chi connectivity index (χ0v) is 10.5. The topological polar surface area (TPSA) is 50.1 Å². The summed E-state index contributed by atoms with van der Waals surface area (Å²) >= 11 is 0. The molecule has 3 nitrogen and oxygen atoms in total. The molecule has 0 radical (unpaired) electrons. The molecule has 3 heteroatoms. The Morgan fingerprint density at radius 1 is 1.29 bits per heavy atom. The maximum absolute atomic E-state index is 11.1. The highest BCUT2D eigenvalue weighted by Gasteiger charge is 2.59. The molecule has 17 heavy (non-hydrogen) atoms. The molecule has 92 valence electrons. The fourth-order valence-electron chi connectivity index (χ4n) is 4.88. The van der Waals surface area contributed by atoms with Gasteiger partial charge in [0, 0.05) is 12.8 Å². The second-order valence-corrected chi connectivity index (χ2v) is 6.41. The molecule has 3 rings (SSSR count). The minimum atomic E-state index is -0.261. The number of hydrogen-bond acceptors (Lipinski definition) is 3. The third-order valence-electron chi connectivity index (χ3n) is 5.24. The first kappa shape index (κ1) is 11.1. The molecular weight excluding hydrogens is 214 g/mol. The van der Waals surface area contributed by atoms with Crippen molar-refractivity contribution in [1.82, 2.24) is 0 Å². The molecule has 0 aliphatic heterocycles. The highest BCUT2D eigenvalue weighted by molar-refractivity contribution is 5.66. The summed E-state index contributed by atoms with van der Waals surface area (Å²) in [6, 6.07) is 2.47. The van der Waals surface area contributed by atoms with E-state index in [0.29, 0.717) is 23.7 Å². The first-order valence-electron chi connectivity index (χ1n) is 6.61. The average Bonchev–Trinajstić information content (AvgIpc) is 2.84. The molecule has 2 bridgehead atoms. The molecular formula is C14H19NO2. The number of nitriles is 1. The summed E-state index contributed by atoms with van der Waals surface area (Å²) in [6.07, 6.45) is 4.30. The van der Waals surface area contributed by atoms with Crippen LogP contribution in [-0.4, -0.2) is 11.6 Å². The number of fused-ring (bicyclic) bond motifs is 5. The van der Waals surface area contributed by atoms with Gasteiger partial charge in [0.15, 0.2) is 0 Å². The normalized spacial score (nSPS) is 51.0. The molecule has 0 N–H and O–H groups in total. The first-order chi connectivity index (χ1) is 8.02. The zero-order valence-electron chi connectivity index (χ0n) is 10.5. The van der Waals surface area contributed by atoms with E-state index in [0.717, 1.165) is 19.3 Å². The molecule has 0 aromatic carbocycles. The van der Waals surface area contributed by atoms with Crippen LogP contribution in [0.4, 0.5) is 0 Å². The number of esters is 1. The smallest absolute Gasteiger partial charge is 0.303 e. The standard InChI is InChI=1S/C14H19NO2/c1-8(16)17-14(2)5-12-9-3-10(7-15)11(4-9)13(12)6-14/h9-13H,3-6H2,1-2H3. The second-order valence-electron chi connectivity index (χ2n) is 6.41. The third-order valence-corrected chi connectivity index (χ3v) is 5.24. The molecule has 3 saturated carbocycles. The Morgan fingerprint density at radius 2 is 2.00 bits per heavy atom. The Labute approximate surface area is 102 Å². The highest BCUT2D eigenvalue weighted by atomic mass is 16.6. The molecule has 3 fully saturated rings. The van der Waals surface area contributed by atoms with Crippen molar-refractivity contribution in [3.63, 3.8) is 0 Å². The monoisotopic (exact) mass is 233 g/mol. The Bertz CT molecular complexity index is 400. The Morgan fingerprint density at radius 3 is 2.65 bits per heavy atom. The summed E-state index contributed by atoms with van der Waals surface area (Å²) in [7, 11) is 0. The van der Waals surface area contributed by atoms with Crippen LogP contribution in [0.5, 0.6) is 0 Å². The minimum absolute atomic E-state index is 0.170. The van der Waals surface area contributed by atoms with Gasteiger partial charge in [-0.15, -0.1) is 0 Å². The lowest BCUT2D eigenvalue weighted by Gasteiger charge is -2.27. The van der Waals surface area contributed by atoms with Crippen LogP contribution in [0.15, 0.2) is 0 Å². The van der Waals surface area contributed by atoms with E-state index < -0.39 is 0 Å². The first-order valence-corrected chi connectivity index (χ1v) is 6.61. The van der Waals surface area contributed by atoms with E-state index in [-0.39, 0.29) is 17.5 Å². The fraction of sp³-hybridized carbons (Fsp3) is 0.857. The van der Waals surface area contributed by atoms with E-state index in [1.54, 1.807) is 0 Å². The van der Waals surface area contributed by atoms with E-state index in [2.05, 4.69) is 13.0 Å². The zero-order chi connectivity index (χ0) is 12.2. The van der Waals surface area contributed by atoms with Crippen molar-refractivity contribution >= 4 is 5.97 Å². The van der Waals surface area contributed by atoms with Gasteiger partial charge in [0.1, 0.15) is 5.60 Å². The van der Waals surface area contributed by atoms with Gasteiger partial charge in [-0.25, -0.2) is 0 Å². The molecule has 0 heterocycles. The summed E-state index contributed by atoms with van der Waals surface area (Å²) in [5, 5.41) is 9.15. The van der Waals surface area contributed by atoms with Crippen LogP contribution in [0, 0.1) is 40.9 Å². The number of hydrogen-bond donors (Lipinski definition) is 0. The Kier molecular flexibility index (Phi) is 2.26. The van der Waals surface area contributed by atoms with Crippen molar-refractivity contribution in [2.75, 3.05) is 0 Å². The van der Waals surface area contributed by atoms with Gasteiger partial charge in [0.2, 0.25) is 0 Å². The van der Waals surface area contributed by atoms with Gasteiger partial charge in [-0.3, -0.25) is 4.79 Å². The highest BCUT2D eigenvalue weighted by Crippen LogP contribution is 2.63. The molecule has 0 amide bonds. The summed E-state index contributed by atoms with van der Waals surface area (Å²) in [6.45, 7) is 3.56. The maximum atomic E-state index is 11.1. The summed E-state index contributed by atoms with van der Waals surface area (Å²) in [4.78, 5) is 11.1. The van der Waals surface area contributed by atoms with Gasteiger partial charge >= 0.3 is 5.97 Å². The van der Waals surface area contributed by atoms with Crippen LogP contribution in [0.1, 0.15) is 39.5 Å². The van der Waals surface area contributed by atoms with Crippen molar-refractivity contribution in [3.05, 3.63) is 0 Å². The minimum Gasteiger partial charge on any atom is -0.460 e. The van der Waals surface area contributed by atoms with Crippen molar-refractivity contribution < 1.29 is 9.53 Å². The molecule has 6 unspecified atom stereocenters. The Balaban J connectivity index is 1.77. The molecule has 6 atom stereocenters. The summed E-state index contributed by atoms with van der Waals surface area (Å²) in [5.41, 5.74) is -0.261. The third kappa shape index (κ3) is 1.57. The lowest BCUT2D eigenvalue weighted by Crippen LogP contribution is -2.28. The summed E-state index contributed by atoms with van der Waals surface area (Å²) in [5.74, 6) is 2.72. The van der Waals surface area contributed by atoms with Crippen LogP contribution < -0.4 is 0 Å². The van der Waals surface area contributed by atoms with Gasteiger partial charge in [-0.1, -0.05) is 0 Å². The molecule has 0 aromatic rings. The van der Waals surface area contributed by atoms with Gasteiger partial charge in [0.05, 0.1) is 6.07 Å². The second kappa shape index (κ2) is 3.48. The SMILES string of the molecule is CC(=O)OC1(C)CC2C3CC(C#N)C(C3)C2C1. The number of nitrogens with zero attached hydrogens (tertiary/aromatic N) is 1. The van der Waals surface area contributed by atoms with Gasteiger partial charge < -0.3 is 4.74 Å². The van der Waals surface area contributed by atoms with E-state index in [1.807, 2.05) is 0 Å². The van der Waals surface area contributed by atoms with E-state index in [1.165, 1.54) is 13.3 Å². The van der Waals surface area contributed by atoms with Gasteiger partial charge in [0.25, 0.3) is 0 Å². The largest absolute Gasteiger partial charge is 0.460 e. The predicted octanol–water partition coefficient (Wildman–Crippen LogP) is 2.51. The van der Waals surface area contributed by atoms with Gasteiger partial charge in [-0.2, -0.15) is 5.26 Å². The lowest BCUT2D eigenvalue weighted by atomic mass is 9.76. The van der Waals surface area contributed by atoms with Crippen molar-refractivity contribution in [3.8, 4) is 6.07 Å². The predicted molar refractivity (Wildman–Crippen MR) is 61.7 cm³/mol. The summed E-state index contributed by atoms with van der Waals surface area (Å²) < 4.78 is 5.51. The maximum Gasteiger partial charge on any atom is 0.303 e. The Hall–Kier alpha value is -1.04. The van der Waals surface area contributed by atoms with Crippen molar-refractivity contribution in [1.29, 1.82) is 5.26 Å². The number of rotatable bonds is 1. The number of ether oxygens (including phenoxy) is 1. The van der Waals surface area contributed by atoms with Crippen molar-refractivity contribution in [2.45, 2.75) is 45.1 Å². The number of carbonyl (C=O) groups excluding carboxylic acids is 1. The lowest BCUT2D eigenvalue weighted by molar-refractivity contribution is -0.155. The van der Waals surface area contributed by atoms with Crippen LogP contribution in [0.2, 0.25) is 0 Å². The quantitative estimate of drug-likeness (QED) is 0.654. The van der Waals surface area contributed by atoms with Crippen LogP contribution >= 0.6 is 0 Å².